The third-order valence-corrected chi connectivity index (χ3v) is 6.18. The number of hydrogen-bond acceptors (Lipinski definition) is 4. The molecule has 0 saturated carbocycles. The van der Waals surface area contributed by atoms with Gasteiger partial charge in [0.15, 0.2) is 5.96 Å². The number of ether oxygens (including phenoxy) is 1. The number of piperidine rings is 1. The minimum absolute atomic E-state index is 0. The van der Waals surface area contributed by atoms with Crippen LogP contribution in [0.2, 0.25) is 0 Å². The summed E-state index contributed by atoms with van der Waals surface area (Å²) in [4.78, 5) is 4.10. The van der Waals surface area contributed by atoms with E-state index in [1.807, 2.05) is 31.2 Å². The van der Waals surface area contributed by atoms with Crippen LogP contribution in [0.4, 0.5) is 13.2 Å². The van der Waals surface area contributed by atoms with Crippen LogP contribution in [0.25, 0.3) is 0 Å². The van der Waals surface area contributed by atoms with Gasteiger partial charge < -0.3 is 15.4 Å². The van der Waals surface area contributed by atoms with Gasteiger partial charge in [0.2, 0.25) is 0 Å². The van der Waals surface area contributed by atoms with Crippen LogP contribution in [-0.4, -0.2) is 63.5 Å². The van der Waals surface area contributed by atoms with E-state index in [-0.39, 0.29) is 55.9 Å². The topological polar surface area (TPSA) is 83.0 Å². The van der Waals surface area contributed by atoms with E-state index in [4.69, 9.17) is 4.74 Å². The Bertz CT molecular complexity index is 781. The maximum absolute atomic E-state index is 12.6. The summed E-state index contributed by atoms with van der Waals surface area (Å²) < 4.78 is 66.9. The minimum atomic E-state index is -5.26. The second-order valence-electron chi connectivity index (χ2n) is 6.78. The van der Waals surface area contributed by atoms with Crippen molar-refractivity contribution in [3.05, 3.63) is 29.8 Å². The van der Waals surface area contributed by atoms with E-state index in [2.05, 4.69) is 15.6 Å². The van der Waals surface area contributed by atoms with Crippen LogP contribution >= 0.6 is 24.0 Å². The molecular weight excluding hydrogens is 536 g/mol. The number of alkyl halides is 3. The fraction of sp³-hybridized carbons (Fsp3) is 0.611. The molecule has 1 aliphatic heterocycles. The molecule has 0 atom stereocenters. The van der Waals surface area contributed by atoms with Gasteiger partial charge in [0.05, 0.1) is 6.61 Å². The second kappa shape index (κ2) is 11.9. The highest BCUT2D eigenvalue weighted by Crippen LogP contribution is 2.28. The summed E-state index contributed by atoms with van der Waals surface area (Å²) in [6.07, 6.45) is 1.27. The highest BCUT2D eigenvalue weighted by atomic mass is 127. The van der Waals surface area contributed by atoms with E-state index in [1.54, 1.807) is 7.05 Å². The van der Waals surface area contributed by atoms with E-state index in [0.29, 0.717) is 23.4 Å². The van der Waals surface area contributed by atoms with Crippen LogP contribution in [0.5, 0.6) is 5.75 Å². The molecule has 0 aliphatic carbocycles. The minimum Gasteiger partial charge on any atom is -0.494 e. The third kappa shape index (κ3) is 7.76. The van der Waals surface area contributed by atoms with Crippen molar-refractivity contribution in [2.24, 2.45) is 4.99 Å². The number of halogens is 4. The zero-order valence-electron chi connectivity index (χ0n) is 16.9. The van der Waals surface area contributed by atoms with Gasteiger partial charge >= 0.3 is 15.5 Å². The highest BCUT2D eigenvalue weighted by Gasteiger charge is 2.50. The van der Waals surface area contributed by atoms with Crippen LogP contribution in [-0.2, 0) is 10.0 Å². The Labute approximate surface area is 192 Å². The number of rotatable bonds is 7. The zero-order valence-corrected chi connectivity index (χ0v) is 20.1. The Morgan fingerprint density at radius 1 is 1.23 bits per heavy atom. The molecule has 1 saturated heterocycles. The van der Waals surface area contributed by atoms with Crippen molar-refractivity contribution in [2.45, 2.75) is 37.7 Å². The van der Waals surface area contributed by atoms with Gasteiger partial charge in [-0.1, -0.05) is 17.7 Å². The predicted molar refractivity (Wildman–Crippen MR) is 121 cm³/mol. The van der Waals surface area contributed by atoms with Gasteiger partial charge in [0, 0.05) is 32.7 Å². The standard InChI is InChI=1S/C18H27F3N4O3S.HI/c1-14-4-6-16(7-5-14)28-13-3-10-23-17(22-2)24-15-8-11-25(12-9-15)29(26,27)18(19,20)21;/h4-7,15H,3,8-13H2,1-2H3,(H2,22,23,24);1H. The molecule has 30 heavy (non-hydrogen) atoms. The molecule has 0 aromatic heterocycles. The first-order valence-electron chi connectivity index (χ1n) is 9.36. The van der Waals surface area contributed by atoms with Crippen molar-refractivity contribution < 1.29 is 26.3 Å². The highest BCUT2D eigenvalue weighted by molar-refractivity contribution is 14.0. The summed E-state index contributed by atoms with van der Waals surface area (Å²) in [6, 6.07) is 7.63. The largest absolute Gasteiger partial charge is 0.511 e. The molecule has 1 aromatic carbocycles. The van der Waals surface area contributed by atoms with Crippen LogP contribution in [0, 0.1) is 6.92 Å². The van der Waals surface area contributed by atoms with Gasteiger partial charge in [-0.3, -0.25) is 4.99 Å². The summed E-state index contributed by atoms with van der Waals surface area (Å²) in [5.74, 6) is 1.33. The van der Waals surface area contributed by atoms with Gasteiger partial charge in [0.25, 0.3) is 0 Å². The van der Waals surface area contributed by atoms with Gasteiger partial charge in [0.1, 0.15) is 5.75 Å². The van der Waals surface area contributed by atoms with Gasteiger partial charge in [-0.05, 0) is 38.3 Å². The number of nitrogens with one attached hydrogen (secondary N) is 2. The molecule has 1 heterocycles. The lowest BCUT2D eigenvalue weighted by molar-refractivity contribution is -0.0494. The van der Waals surface area contributed by atoms with Crippen LogP contribution < -0.4 is 15.4 Å². The second-order valence-corrected chi connectivity index (χ2v) is 8.71. The lowest BCUT2D eigenvalue weighted by Gasteiger charge is -2.32. The first kappa shape index (κ1) is 26.8. The molecule has 1 aliphatic rings. The van der Waals surface area contributed by atoms with E-state index in [9.17, 15) is 21.6 Å². The van der Waals surface area contributed by atoms with Gasteiger partial charge in [-0.2, -0.15) is 17.5 Å². The number of hydrogen-bond donors (Lipinski definition) is 2. The molecule has 1 fully saturated rings. The van der Waals surface area contributed by atoms with Gasteiger partial charge in [-0.25, -0.2) is 8.42 Å². The molecule has 2 N–H and O–H groups in total. The molecule has 172 valence electrons. The normalized spacial score (nSPS) is 16.6. The van der Waals surface area contributed by atoms with E-state index in [1.165, 1.54) is 0 Å². The Hall–Kier alpha value is -1.28. The lowest BCUT2D eigenvalue weighted by Crippen LogP contribution is -2.51. The summed E-state index contributed by atoms with van der Waals surface area (Å²) in [5.41, 5.74) is -4.10. The summed E-state index contributed by atoms with van der Waals surface area (Å²) >= 11 is 0. The smallest absolute Gasteiger partial charge is 0.494 e. The van der Waals surface area contributed by atoms with Gasteiger partial charge in [-0.15, -0.1) is 24.0 Å². The van der Waals surface area contributed by atoms with Crippen molar-refractivity contribution in [1.82, 2.24) is 14.9 Å². The van der Waals surface area contributed by atoms with Crippen molar-refractivity contribution in [1.29, 1.82) is 0 Å². The quantitative estimate of drug-likeness (QED) is 0.231. The first-order valence-corrected chi connectivity index (χ1v) is 10.8. The van der Waals surface area contributed by atoms with E-state index >= 15 is 0 Å². The van der Waals surface area contributed by atoms with Crippen molar-refractivity contribution >= 4 is 40.0 Å². The fourth-order valence-corrected chi connectivity index (χ4v) is 3.86. The van der Waals surface area contributed by atoms with E-state index < -0.39 is 15.5 Å². The first-order chi connectivity index (χ1) is 13.6. The number of nitrogens with zero attached hydrogens (tertiary/aromatic N) is 2. The molecule has 0 radical (unpaired) electrons. The summed E-state index contributed by atoms with van der Waals surface area (Å²) in [7, 11) is -3.66. The SMILES string of the molecule is CN=C(NCCCOc1ccc(C)cc1)NC1CCN(S(=O)(=O)C(F)(F)F)CC1.I. The molecule has 0 unspecified atom stereocenters. The lowest BCUT2D eigenvalue weighted by atomic mass is 10.1. The Kier molecular flexibility index (Phi) is 10.6. The maximum atomic E-state index is 12.6. The van der Waals surface area contributed by atoms with Crippen LogP contribution in [0.15, 0.2) is 29.3 Å². The molecular formula is C18H28F3IN4O3S. The Morgan fingerprint density at radius 2 is 1.83 bits per heavy atom. The van der Waals surface area contributed by atoms with Crippen molar-refractivity contribution in [3.8, 4) is 5.75 Å². The molecule has 1 aromatic rings. The van der Waals surface area contributed by atoms with Crippen LogP contribution in [0.3, 0.4) is 0 Å². The summed E-state index contributed by atoms with van der Waals surface area (Å²) in [5, 5.41) is 6.25. The molecule has 12 heteroatoms. The Balaban J connectivity index is 0.00000450. The number of aliphatic imine (C=N–C) groups is 1. The van der Waals surface area contributed by atoms with Crippen LogP contribution in [0.1, 0.15) is 24.8 Å². The van der Waals surface area contributed by atoms with Crippen molar-refractivity contribution in [2.75, 3.05) is 33.3 Å². The maximum Gasteiger partial charge on any atom is 0.511 e. The fourth-order valence-electron chi connectivity index (χ4n) is 2.88. The predicted octanol–water partition coefficient (Wildman–Crippen LogP) is 2.86. The van der Waals surface area contributed by atoms with Crippen molar-refractivity contribution in [3.63, 3.8) is 0 Å². The zero-order chi connectivity index (χ0) is 21.5. The van der Waals surface area contributed by atoms with E-state index in [0.717, 1.165) is 17.7 Å². The molecule has 0 spiro atoms. The third-order valence-electron chi connectivity index (χ3n) is 4.55. The molecule has 0 bridgehead atoms. The number of aryl methyl sites for hydroxylation is 1. The molecule has 0 amide bonds. The molecule has 7 nitrogen and oxygen atoms in total. The number of benzene rings is 1. The number of guanidine groups is 1. The monoisotopic (exact) mass is 564 g/mol. The average molecular weight is 564 g/mol. The average Bonchev–Trinajstić information content (AvgIpc) is 2.67. The Morgan fingerprint density at radius 3 is 2.37 bits per heavy atom. The summed E-state index contributed by atoms with van der Waals surface area (Å²) in [6.45, 7) is 2.78. The molecule has 2 rings (SSSR count). The number of sulfonamides is 1.